The maximum atomic E-state index is 11.2. The average Bonchev–Trinajstić information content (AvgIpc) is 3.30. The summed E-state index contributed by atoms with van der Waals surface area (Å²) < 4.78 is 33.3. The van der Waals surface area contributed by atoms with Gasteiger partial charge in [-0.1, -0.05) is 133 Å². The second-order valence-electron chi connectivity index (χ2n) is 13.4. The first-order chi connectivity index (χ1) is 30.1. The SMILES string of the molecule is O=[P+](O)c1ccccc1-c1ccccc1O.O=[P+](O)c1ccccc1-c1ccccc1O.OP1Oc2ccccc2-c2ccccc21.OP1Oc2ccccc2-c2ccccc21.[Zn+2].[Zn+2]. The van der Waals surface area contributed by atoms with Crippen LogP contribution < -0.4 is 30.3 Å². The summed E-state index contributed by atoms with van der Waals surface area (Å²) in [6.45, 7) is 0. The molecule has 0 fully saturated rings. The van der Waals surface area contributed by atoms with Crippen molar-refractivity contribution in [2.75, 3.05) is 0 Å². The van der Waals surface area contributed by atoms with Crippen LogP contribution in [0.2, 0.25) is 0 Å². The molecular weight excluding hydrogens is 991 g/mol. The van der Waals surface area contributed by atoms with Crippen LogP contribution in [-0.2, 0) is 48.1 Å². The molecule has 0 saturated heterocycles. The molecule has 0 bridgehead atoms. The van der Waals surface area contributed by atoms with Gasteiger partial charge in [0, 0.05) is 33.4 Å². The monoisotopic (exact) mass is 1030 g/mol. The first kappa shape index (κ1) is 50.1. The Hall–Kier alpha value is -4.89. The standard InChI is InChI=1S/2C12H9O3P.2C12H9O2P.2Zn/c2*13-11-7-3-1-5-9(11)10-6-2-4-8-12(10)16(14)15;2*13-15-12-8-4-2-6-10(12)9-5-1-3-7-11(9)14-15;;/h2*1-8H,(H-,13,14,15);2*1-8,13H;;/q;;;;2*+2/p+2. The molecule has 0 aliphatic carbocycles. The fourth-order valence-electron chi connectivity index (χ4n) is 6.70. The Bertz CT molecular complexity index is 2690. The number of benzene rings is 8. The third-order valence-electron chi connectivity index (χ3n) is 9.55. The van der Waals surface area contributed by atoms with Crippen LogP contribution in [0.4, 0.5) is 0 Å². The topological polar surface area (TPSA) is 174 Å². The summed E-state index contributed by atoms with van der Waals surface area (Å²) in [5.41, 5.74) is 6.57. The molecule has 8 aromatic carbocycles. The van der Waals surface area contributed by atoms with Crippen molar-refractivity contribution < 1.29 is 86.9 Å². The Kier molecular flexibility index (Phi) is 18.7. The van der Waals surface area contributed by atoms with Gasteiger partial charge in [0.15, 0.2) is 0 Å². The number of phenols is 2. The Morgan fingerprint density at radius 3 is 0.953 bits per heavy atom. The Labute approximate surface area is 400 Å². The van der Waals surface area contributed by atoms with E-state index in [9.17, 15) is 38.9 Å². The quantitative estimate of drug-likeness (QED) is 0.0736. The molecule has 0 radical (unpaired) electrons. The molecule has 16 heteroatoms. The van der Waals surface area contributed by atoms with Crippen molar-refractivity contribution in [2.24, 2.45) is 0 Å². The van der Waals surface area contributed by atoms with Crippen LogP contribution in [0, 0.1) is 0 Å². The number of rotatable bonds is 4. The van der Waals surface area contributed by atoms with Gasteiger partial charge in [-0.25, -0.2) is 0 Å². The smallest absolute Gasteiger partial charge is 0.507 e. The first-order valence-corrected chi connectivity index (χ1v) is 23.7. The van der Waals surface area contributed by atoms with E-state index in [4.69, 9.17) is 9.05 Å². The zero-order valence-electron chi connectivity index (χ0n) is 34.0. The van der Waals surface area contributed by atoms with Gasteiger partial charge in [-0.05, 0) is 80.9 Å². The van der Waals surface area contributed by atoms with Crippen molar-refractivity contribution >= 4 is 54.0 Å². The second-order valence-corrected chi connectivity index (χ2v) is 17.8. The number of fused-ring (bicyclic) bond motifs is 6. The third-order valence-corrected chi connectivity index (χ3v) is 13.5. The van der Waals surface area contributed by atoms with Gasteiger partial charge in [-0.15, -0.1) is 0 Å². The number of phenolic OH excluding ortho intramolecular Hbond substituents is 2. The van der Waals surface area contributed by atoms with Crippen molar-refractivity contribution in [3.05, 3.63) is 194 Å². The Morgan fingerprint density at radius 2 is 0.609 bits per heavy atom. The minimum absolute atomic E-state index is 0. The van der Waals surface area contributed by atoms with E-state index in [1.807, 2.05) is 97.1 Å². The molecule has 10 rings (SSSR count). The zero-order valence-corrected chi connectivity index (χ0v) is 43.5. The van der Waals surface area contributed by atoms with E-state index in [0.29, 0.717) is 32.9 Å². The molecule has 4 atom stereocenters. The molecule has 10 nitrogen and oxygen atoms in total. The molecule has 308 valence electrons. The van der Waals surface area contributed by atoms with Gasteiger partial charge in [0.05, 0.1) is 10.6 Å². The third kappa shape index (κ3) is 11.9. The predicted octanol–water partition coefficient (Wildman–Crippen LogP) is 10.2. The second kappa shape index (κ2) is 23.9. The molecule has 64 heavy (non-hydrogen) atoms. The normalized spacial score (nSPS) is 13.8. The van der Waals surface area contributed by atoms with Gasteiger partial charge in [0.25, 0.3) is 16.8 Å². The first-order valence-electron chi connectivity index (χ1n) is 18.9. The predicted molar refractivity (Wildman–Crippen MR) is 249 cm³/mol. The summed E-state index contributed by atoms with van der Waals surface area (Å²) in [7, 11) is -7.82. The molecular formula is C48H38O10P4Zn2+6. The Morgan fingerprint density at radius 1 is 0.344 bits per heavy atom. The maximum absolute atomic E-state index is 11.2. The van der Waals surface area contributed by atoms with Crippen molar-refractivity contribution in [1.82, 2.24) is 0 Å². The van der Waals surface area contributed by atoms with E-state index in [-0.39, 0.29) is 50.5 Å². The molecule has 8 aromatic rings. The minimum atomic E-state index is -2.41. The number of para-hydroxylation sites is 4. The summed E-state index contributed by atoms with van der Waals surface area (Å²) in [5, 5.41) is 21.8. The van der Waals surface area contributed by atoms with E-state index < -0.39 is 32.8 Å². The number of hydrogen-bond acceptors (Lipinski definition) is 8. The van der Waals surface area contributed by atoms with E-state index in [2.05, 4.69) is 0 Å². The molecule has 2 aliphatic heterocycles. The molecule has 4 unspecified atom stereocenters. The van der Waals surface area contributed by atoms with Crippen LogP contribution >= 0.6 is 32.8 Å². The molecule has 2 heterocycles. The van der Waals surface area contributed by atoms with Crippen molar-refractivity contribution in [1.29, 1.82) is 0 Å². The van der Waals surface area contributed by atoms with E-state index in [0.717, 1.165) is 44.4 Å². The zero-order chi connectivity index (χ0) is 43.6. The van der Waals surface area contributed by atoms with Gasteiger partial charge in [0.1, 0.15) is 23.0 Å². The summed E-state index contributed by atoms with van der Waals surface area (Å²) in [4.78, 5) is 38.1. The van der Waals surface area contributed by atoms with Crippen molar-refractivity contribution in [2.45, 2.75) is 0 Å². The van der Waals surface area contributed by atoms with E-state index in [1.165, 1.54) is 0 Å². The summed E-state index contributed by atoms with van der Waals surface area (Å²) in [5.74, 6) is 1.74. The number of hydrogen-bond donors (Lipinski definition) is 6. The average molecular weight is 1030 g/mol. The van der Waals surface area contributed by atoms with E-state index in [1.54, 1.807) is 97.1 Å². The molecule has 0 spiro atoms. The van der Waals surface area contributed by atoms with Gasteiger partial charge in [-0.2, -0.15) is 9.79 Å². The maximum Gasteiger partial charge on any atom is 2.00 e. The van der Waals surface area contributed by atoms with Crippen molar-refractivity contribution in [3.63, 3.8) is 0 Å². The number of aromatic hydroxyl groups is 2. The minimum Gasteiger partial charge on any atom is -0.507 e. The fraction of sp³-hybridized carbons (Fsp3) is 0. The molecule has 6 N–H and O–H groups in total. The van der Waals surface area contributed by atoms with Gasteiger partial charge in [0.2, 0.25) is 10.6 Å². The summed E-state index contributed by atoms with van der Waals surface area (Å²) in [6.07, 6.45) is 0. The van der Waals surface area contributed by atoms with Crippen LogP contribution in [0.3, 0.4) is 0 Å². The summed E-state index contributed by atoms with van der Waals surface area (Å²) >= 11 is 0. The van der Waals surface area contributed by atoms with Gasteiger partial charge in [-0.3, -0.25) is 0 Å². The summed E-state index contributed by atoms with van der Waals surface area (Å²) in [6, 6.07) is 58.2. The van der Waals surface area contributed by atoms with Crippen LogP contribution in [0.15, 0.2) is 194 Å². The van der Waals surface area contributed by atoms with Crippen LogP contribution in [0.1, 0.15) is 0 Å². The van der Waals surface area contributed by atoms with Crippen LogP contribution in [-0.4, -0.2) is 29.8 Å². The van der Waals surface area contributed by atoms with Gasteiger partial charge >= 0.3 is 55.0 Å². The van der Waals surface area contributed by atoms with Gasteiger partial charge < -0.3 is 29.0 Å². The van der Waals surface area contributed by atoms with Crippen LogP contribution in [0.5, 0.6) is 23.0 Å². The molecule has 0 amide bonds. The molecule has 0 aromatic heterocycles. The van der Waals surface area contributed by atoms with Crippen molar-refractivity contribution in [3.8, 4) is 67.5 Å². The van der Waals surface area contributed by atoms with E-state index >= 15 is 0 Å². The largest absolute Gasteiger partial charge is 2.00 e. The van der Waals surface area contributed by atoms with Crippen LogP contribution in [0.25, 0.3) is 44.5 Å². The molecule has 2 aliphatic rings. The Balaban J connectivity index is 0.000000159. The fourth-order valence-corrected chi connectivity index (χ4v) is 10.0. The molecule has 0 saturated carbocycles.